The molecule has 2 rings (SSSR count). The highest BCUT2D eigenvalue weighted by atomic mass is 35.5. The van der Waals surface area contributed by atoms with Gasteiger partial charge in [-0.25, -0.2) is 0 Å². The van der Waals surface area contributed by atoms with E-state index >= 15 is 0 Å². The van der Waals surface area contributed by atoms with Gasteiger partial charge in [0.15, 0.2) is 0 Å². The van der Waals surface area contributed by atoms with Gasteiger partial charge in [0.1, 0.15) is 0 Å². The van der Waals surface area contributed by atoms with Crippen molar-refractivity contribution in [3.8, 4) is 0 Å². The van der Waals surface area contributed by atoms with Crippen molar-refractivity contribution in [2.24, 2.45) is 5.92 Å². The first-order valence-corrected chi connectivity index (χ1v) is 6.60. The standard InChI is InChI=1S/C14H20ClN/c1-12-7-9-16(10-8-12)11-14(15)13-5-3-2-4-6-13/h2-6,12,14H,7-11H2,1H3. The molecule has 1 aromatic rings. The van der Waals surface area contributed by atoms with E-state index in [1.54, 1.807) is 0 Å². The second kappa shape index (κ2) is 5.70. The SMILES string of the molecule is CC1CCN(CC(Cl)c2ccccc2)CC1. The molecule has 1 fully saturated rings. The summed E-state index contributed by atoms with van der Waals surface area (Å²) in [7, 11) is 0. The van der Waals surface area contributed by atoms with Gasteiger partial charge in [-0.1, -0.05) is 37.3 Å². The Labute approximate surface area is 103 Å². The highest BCUT2D eigenvalue weighted by Crippen LogP contribution is 2.24. The summed E-state index contributed by atoms with van der Waals surface area (Å²) < 4.78 is 0. The molecule has 2 heteroatoms. The topological polar surface area (TPSA) is 3.24 Å². The molecule has 1 aliphatic heterocycles. The van der Waals surface area contributed by atoms with Gasteiger partial charge in [-0.2, -0.15) is 0 Å². The van der Waals surface area contributed by atoms with Crippen LogP contribution in [-0.4, -0.2) is 24.5 Å². The summed E-state index contributed by atoms with van der Waals surface area (Å²) in [6.45, 7) is 5.74. The summed E-state index contributed by atoms with van der Waals surface area (Å²) in [5.74, 6) is 0.891. The number of hydrogen-bond acceptors (Lipinski definition) is 1. The van der Waals surface area contributed by atoms with Crippen LogP contribution in [0.2, 0.25) is 0 Å². The minimum atomic E-state index is 0.134. The molecule has 0 aliphatic carbocycles. The first kappa shape index (κ1) is 11.9. The summed E-state index contributed by atoms with van der Waals surface area (Å²) in [6.07, 6.45) is 2.64. The lowest BCUT2D eigenvalue weighted by molar-refractivity contribution is 0.192. The largest absolute Gasteiger partial charge is 0.302 e. The van der Waals surface area contributed by atoms with Crippen LogP contribution in [0.3, 0.4) is 0 Å². The Morgan fingerprint density at radius 3 is 2.50 bits per heavy atom. The Bertz CT molecular complexity index is 304. The smallest absolute Gasteiger partial charge is 0.0712 e. The minimum absolute atomic E-state index is 0.134. The van der Waals surface area contributed by atoms with Crippen LogP contribution in [0.5, 0.6) is 0 Å². The molecule has 0 amide bonds. The molecule has 1 aromatic carbocycles. The van der Waals surface area contributed by atoms with Gasteiger partial charge in [0, 0.05) is 6.54 Å². The fourth-order valence-electron chi connectivity index (χ4n) is 2.24. The molecule has 0 bridgehead atoms. The minimum Gasteiger partial charge on any atom is -0.302 e. The molecule has 1 aliphatic rings. The second-order valence-corrected chi connectivity index (χ2v) is 5.39. The van der Waals surface area contributed by atoms with Crippen molar-refractivity contribution in [1.29, 1.82) is 0 Å². The molecule has 1 nitrogen and oxygen atoms in total. The normalized spacial score (nSPS) is 20.9. The maximum atomic E-state index is 6.43. The van der Waals surface area contributed by atoms with E-state index in [9.17, 15) is 0 Å². The Kier molecular flexibility index (Phi) is 4.25. The van der Waals surface area contributed by atoms with E-state index < -0.39 is 0 Å². The lowest BCUT2D eigenvalue weighted by Crippen LogP contribution is -2.35. The van der Waals surface area contributed by atoms with Gasteiger partial charge in [0.2, 0.25) is 0 Å². The van der Waals surface area contributed by atoms with Crippen LogP contribution in [0.1, 0.15) is 30.7 Å². The van der Waals surface area contributed by atoms with E-state index in [1.807, 2.05) is 6.07 Å². The molecular formula is C14H20ClN. The highest BCUT2D eigenvalue weighted by Gasteiger charge is 2.18. The lowest BCUT2D eigenvalue weighted by atomic mass is 9.99. The number of nitrogens with zero attached hydrogens (tertiary/aromatic N) is 1. The van der Waals surface area contributed by atoms with Gasteiger partial charge in [-0.05, 0) is 37.4 Å². The van der Waals surface area contributed by atoms with Crippen LogP contribution in [-0.2, 0) is 0 Å². The first-order chi connectivity index (χ1) is 7.75. The third-order valence-electron chi connectivity index (χ3n) is 3.46. The maximum absolute atomic E-state index is 6.43. The summed E-state index contributed by atoms with van der Waals surface area (Å²) in [5.41, 5.74) is 1.24. The molecule has 88 valence electrons. The summed E-state index contributed by atoms with van der Waals surface area (Å²) in [4.78, 5) is 2.49. The monoisotopic (exact) mass is 237 g/mol. The molecule has 1 unspecified atom stereocenters. The third-order valence-corrected chi connectivity index (χ3v) is 3.85. The van der Waals surface area contributed by atoms with E-state index in [2.05, 4.69) is 36.1 Å². The quantitative estimate of drug-likeness (QED) is 0.725. The number of benzene rings is 1. The third kappa shape index (κ3) is 3.23. The number of likely N-dealkylation sites (tertiary alicyclic amines) is 1. The maximum Gasteiger partial charge on any atom is 0.0712 e. The van der Waals surface area contributed by atoms with E-state index in [4.69, 9.17) is 11.6 Å². The predicted molar refractivity (Wildman–Crippen MR) is 69.9 cm³/mol. The van der Waals surface area contributed by atoms with Gasteiger partial charge in [-0.15, -0.1) is 11.6 Å². The van der Waals surface area contributed by atoms with Crippen LogP contribution in [0.15, 0.2) is 30.3 Å². The van der Waals surface area contributed by atoms with Crippen LogP contribution in [0, 0.1) is 5.92 Å². The zero-order valence-electron chi connectivity index (χ0n) is 9.90. The van der Waals surface area contributed by atoms with Crippen molar-refractivity contribution >= 4 is 11.6 Å². The number of hydrogen-bond donors (Lipinski definition) is 0. The second-order valence-electron chi connectivity index (χ2n) is 4.86. The zero-order chi connectivity index (χ0) is 11.4. The molecule has 0 aromatic heterocycles. The zero-order valence-corrected chi connectivity index (χ0v) is 10.7. The first-order valence-electron chi connectivity index (χ1n) is 6.17. The van der Waals surface area contributed by atoms with Crippen molar-refractivity contribution < 1.29 is 0 Å². The number of piperidine rings is 1. The Morgan fingerprint density at radius 2 is 1.88 bits per heavy atom. The molecule has 16 heavy (non-hydrogen) atoms. The van der Waals surface area contributed by atoms with Crippen LogP contribution in [0.25, 0.3) is 0 Å². The number of halogens is 1. The van der Waals surface area contributed by atoms with Crippen molar-refractivity contribution in [3.63, 3.8) is 0 Å². The van der Waals surface area contributed by atoms with Gasteiger partial charge in [0.05, 0.1) is 5.38 Å². The Hall–Kier alpha value is -0.530. The summed E-state index contributed by atoms with van der Waals surface area (Å²) in [5, 5.41) is 0.134. The summed E-state index contributed by atoms with van der Waals surface area (Å²) in [6, 6.07) is 10.4. The van der Waals surface area contributed by atoms with Gasteiger partial charge in [-0.3, -0.25) is 0 Å². The van der Waals surface area contributed by atoms with Crippen LogP contribution in [0.4, 0.5) is 0 Å². The van der Waals surface area contributed by atoms with Crippen molar-refractivity contribution in [2.45, 2.75) is 25.1 Å². The van der Waals surface area contributed by atoms with Crippen LogP contribution < -0.4 is 0 Å². The van der Waals surface area contributed by atoms with Gasteiger partial charge < -0.3 is 4.90 Å². The molecular weight excluding hydrogens is 218 g/mol. The average Bonchev–Trinajstić information content (AvgIpc) is 2.33. The van der Waals surface area contributed by atoms with E-state index in [0.29, 0.717) is 0 Å². The Morgan fingerprint density at radius 1 is 1.25 bits per heavy atom. The molecule has 1 atom stereocenters. The molecule has 0 radical (unpaired) electrons. The Balaban J connectivity index is 1.86. The average molecular weight is 238 g/mol. The molecule has 1 saturated heterocycles. The lowest BCUT2D eigenvalue weighted by Gasteiger charge is -2.31. The molecule has 0 N–H and O–H groups in total. The van der Waals surface area contributed by atoms with Gasteiger partial charge >= 0.3 is 0 Å². The van der Waals surface area contributed by atoms with Crippen molar-refractivity contribution in [1.82, 2.24) is 4.90 Å². The fourth-order valence-corrected chi connectivity index (χ4v) is 2.58. The number of rotatable bonds is 3. The van der Waals surface area contributed by atoms with Crippen LogP contribution >= 0.6 is 11.6 Å². The highest BCUT2D eigenvalue weighted by molar-refractivity contribution is 6.21. The van der Waals surface area contributed by atoms with E-state index in [1.165, 1.54) is 31.5 Å². The van der Waals surface area contributed by atoms with Crippen molar-refractivity contribution in [2.75, 3.05) is 19.6 Å². The molecule has 1 heterocycles. The molecule has 0 saturated carbocycles. The molecule has 0 spiro atoms. The fraction of sp³-hybridized carbons (Fsp3) is 0.571. The van der Waals surface area contributed by atoms with Gasteiger partial charge in [0.25, 0.3) is 0 Å². The van der Waals surface area contributed by atoms with E-state index in [-0.39, 0.29) is 5.38 Å². The predicted octanol–water partition coefficient (Wildman–Crippen LogP) is 3.70. The summed E-state index contributed by atoms with van der Waals surface area (Å²) >= 11 is 6.43. The van der Waals surface area contributed by atoms with E-state index in [0.717, 1.165) is 12.5 Å². The van der Waals surface area contributed by atoms with Crippen molar-refractivity contribution in [3.05, 3.63) is 35.9 Å². The number of alkyl halides is 1.